The summed E-state index contributed by atoms with van der Waals surface area (Å²) in [5.41, 5.74) is 1.75. The van der Waals surface area contributed by atoms with Crippen LogP contribution >= 0.6 is 23.1 Å². The number of aromatic nitrogens is 2. The van der Waals surface area contributed by atoms with Crippen LogP contribution < -0.4 is 5.32 Å². The third-order valence-corrected chi connectivity index (χ3v) is 5.62. The lowest BCUT2D eigenvalue weighted by Gasteiger charge is -2.15. The van der Waals surface area contributed by atoms with Gasteiger partial charge in [0.15, 0.2) is 4.34 Å². The lowest BCUT2D eigenvalue weighted by Crippen LogP contribution is -2.27. The van der Waals surface area contributed by atoms with E-state index in [9.17, 15) is 9.18 Å². The fourth-order valence-electron chi connectivity index (χ4n) is 2.21. The van der Waals surface area contributed by atoms with Crippen LogP contribution in [0.1, 0.15) is 21.4 Å². The van der Waals surface area contributed by atoms with Gasteiger partial charge in [-0.05, 0) is 30.2 Å². The maximum Gasteiger partial charge on any atom is 0.238 e. The number of nitrogens with zero attached hydrogens (tertiary/aromatic N) is 2. The quantitative estimate of drug-likeness (QED) is 0.660. The Hall–Kier alpha value is -2.25. The topological polar surface area (TPSA) is 54.9 Å². The summed E-state index contributed by atoms with van der Waals surface area (Å²) >= 11 is 2.84. The molecule has 0 spiro atoms. The van der Waals surface area contributed by atoms with Gasteiger partial charge < -0.3 is 5.32 Å². The molecule has 0 fully saturated rings. The average molecular weight is 373 g/mol. The van der Waals surface area contributed by atoms with Gasteiger partial charge in [0.2, 0.25) is 5.91 Å². The summed E-state index contributed by atoms with van der Waals surface area (Å²) in [5.74, 6) is -0.409. The summed E-state index contributed by atoms with van der Waals surface area (Å²) in [4.78, 5) is 12.7. The van der Waals surface area contributed by atoms with Crippen molar-refractivity contribution in [2.24, 2.45) is 0 Å². The van der Waals surface area contributed by atoms with Crippen molar-refractivity contribution in [1.82, 2.24) is 15.5 Å². The number of carbonyl (C=O) groups excluding carboxylic acids is 1. The summed E-state index contributed by atoms with van der Waals surface area (Å²) < 4.78 is 13.7. The van der Waals surface area contributed by atoms with Gasteiger partial charge in [-0.2, -0.15) is 0 Å². The number of benzene rings is 2. The first-order valence-corrected chi connectivity index (χ1v) is 9.35. The van der Waals surface area contributed by atoms with Gasteiger partial charge in [0.1, 0.15) is 16.1 Å². The zero-order valence-electron chi connectivity index (χ0n) is 13.5. The zero-order valence-corrected chi connectivity index (χ0v) is 15.1. The molecule has 4 nitrogen and oxygen atoms in total. The molecule has 0 aliphatic rings. The van der Waals surface area contributed by atoms with Gasteiger partial charge in [0.05, 0.1) is 0 Å². The summed E-state index contributed by atoms with van der Waals surface area (Å²) in [6.07, 6.45) is 0. The molecule has 0 radical (unpaired) electrons. The first-order valence-electron chi connectivity index (χ1n) is 7.65. The molecule has 0 aliphatic carbocycles. The first kappa shape index (κ1) is 17.6. The molecule has 1 heterocycles. The monoisotopic (exact) mass is 373 g/mol. The van der Waals surface area contributed by atoms with Crippen molar-refractivity contribution in [3.8, 4) is 0 Å². The van der Waals surface area contributed by atoms with Crippen LogP contribution in [-0.4, -0.2) is 16.1 Å². The highest BCUT2D eigenvalue weighted by molar-refractivity contribution is 8.01. The summed E-state index contributed by atoms with van der Waals surface area (Å²) in [5, 5.41) is 11.5. The molecule has 7 heteroatoms. The third-order valence-electron chi connectivity index (χ3n) is 3.45. The molecule has 128 valence electrons. The minimum Gasteiger partial charge on any atom is -0.351 e. The number of nitrogens with one attached hydrogen (secondary N) is 1. The second-order valence-corrected chi connectivity index (χ2v) is 7.87. The highest BCUT2D eigenvalue weighted by Gasteiger charge is 2.23. The van der Waals surface area contributed by atoms with Crippen molar-refractivity contribution >= 4 is 29.0 Å². The number of amides is 1. The van der Waals surface area contributed by atoms with Crippen molar-refractivity contribution in [1.29, 1.82) is 0 Å². The maximum absolute atomic E-state index is 13.0. The molecule has 3 aromatic rings. The van der Waals surface area contributed by atoms with E-state index in [0.717, 1.165) is 20.5 Å². The first-order chi connectivity index (χ1) is 12.1. The van der Waals surface area contributed by atoms with Crippen molar-refractivity contribution in [2.45, 2.75) is 23.1 Å². The summed E-state index contributed by atoms with van der Waals surface area (Å²) in [6.45, 7) is 2.23. The Morgan fingerprint density at radius 1 is 1.16 bits per heavy atom. The Morgan fingerprint density at radius 3 is 2.52 bits per heavy atom. The lowest BCUT2D eigenvalue weighted by molar-refractivity contribution is -0.120. The fraction of sp³-hybridized carbons (Fsp3) is 0.167. The van der Waals surface area contributed by atoms with E-state index in [4.69, 9.17) is 0 Å². The molecule has 0 aliphatic heterocycles. The molecular formula is C18H16FN3OS2. The van der Waals surface area contributed by atoms with E-state index in [-0.39, 0.29) is 11.7 Å². The number of halogens is 1. The number of aryl methyl sites for hydroxylation is 1. The van der Waals surface area contributed by atoms with Crippen LogP contribution in [0.15, 0.2) is 58.9 Å². The molecule has 1 unspecified atom stereocenters. The van der Waals surface area contributed by atoms with Crippen molar-refractivity contribution < 1.29 is 9.18 Å². The molecule has 0 saturated carbocycles. The largest absolute Gasteiger partial charge is 0.351 e. The number of rotatable bonds is 6. The minimum absolute atomic E-state index is 0.117. The van der Waals surface area contributed by atoms with E-state index >= 15 is 0 Å². The molecule has 25 heavy (non-hydrogen) atoms. The predicted molar refractivity (Wildman–Crippen MR) is 97.9 cm³/mol. The number of hydrogen-bond acceptors (Lipinski definition) is 5. The molecule has 1 atom stereocenters. The van der Waals surface area contributed by atoms with Gasteiger partial charge in [-0.3, -0.25) is 4.79 Å². The van der Waals surface area contributed by atoms with E-state index in [1.54, 1.807) is 12.1 Å². The van der Waals surface area contributed by atoms with Gasteiger partial charge in [0, 0.05) is 6.54 Å². The smallest absolute Gasteiger partial charge is 0.238 e. The van der Waals surface area contributed by atoms with Gasteiger partial charge in [0.25, 0.3) is 0 Å². The van der Waals surface area contributed by atoms with E-state index in [1.165, 1.54) is 35.2 Å². The third kappa shape index (κ3) is 4.87. The van der Waals surface area contributed by atoms with E-state index in [0.29, 0.717) is 6.54 Å². The lowest BCUT2D eigenvalue weighted by atomic mass is 10.1. The Bertz CT molecular complexity index is 837. The fourth-order valence-corrected chi connectivity index (χ4v) is 4.24. The minimum atomic E-state index is -0.422. The highest BCUT2D eigenvalue weighted by Crippen LogP contribution is 2.36. The molecule has 1 amide bonds. The summed E-state index contributed by atoms with van der Waals surface area (Å²) in [6, 6.07) is 15.7. The van der Waals surface area contributed by atoms with E-state index < -0.39 is 5.25 Å². The van der Waals surface area contributed by atoms with Crippen molar-refractivity contribution in [3.05, 3.63) is 76.5 Å². The van der Waals surface area contributed by atoms with Crippen LogP contribution in [0.4, 0.5) is 4.39 Å². The average Bonchev–Trinajstić information content (AvgIpc) is 3.05. The van der Waals surface area contributed by atoms with Gasteiger partial charge in [-0.25, -0.2) is 4.39 Å². The van der Waals surface area contributed by atoms with Crippen LogP contribution in [0.5, 0.6) is 0 Å². The van der Waals surface area contributed by atoms with Crippen molar-refractivity contribution in [2.75, 3.05) is 0 Å². The predicted octanol–water partition coefficient (Wildman–Crippen LogP) is 4.14. The van der Waals surface area contributed by atoms with Crippen LogP contribution in [0.2, 0.25) is 0 Å². The van der Waals surface area contributed by atoms with Crippen LogP contribution in [-0.2, 0) is 11.3 Å². The normalized spacial score (nSPS) is 11.9. The highest BCUT2D eigenvalue weighted by atomic mass is 32.2. The molecule has 0 saturated heterocycles. The number of carbonyl (C=O) groups is 1. The van der Waals surface area contributed by atoms with Gasteiger partial charge in [-0.15, -0.1) is 10.2 Å². The van der Waals surface area contributed by atoms with Crippen LogP contribution in [0, 0.1) is 12.7 Å². The molecular weight excluding hydrogens is 357 g/mol. The standard InChI is InChI=1S/C18H16FN3OS2/c1-12-21-22-18(24-12)25-16(14-5-3-2-4-6-14)17(23)20-11-13-7-9-15(19)10-8-13/h2-10,16H,11H2,1H3,(H,20,23). The second-order valence-electron chi connectivity index (χ2n) is 5.34. The second kappa shape index (κ2) is 8.22. The number of thioether (sulfide) groups is 1. The number of hydrogen-bond donors (Lipinski definition) is 1. The van der Waals surface area contributed by atoms with Gasteiger partial charge >= 0.3 is 0 Å². The Labute approximate surface area is 153 Å². The van der Waals surface area contributed by atoms with Gasteiger partial charge in [-0.1, -0.05) is 65.6 Å². The Balaban J connectivity index is 1.73. The molecule has 3 rings (SSSR count). The molecule has 1 N–H and O–H groups in total. The SMILES string of the molecule is Cc1nnc(SC(C(=O)NCc2ccc(F)cc2)c2ccccc2)s1. The van der Waals surface area contributed by atoms with E-state index in [2.05, 4.69) is 15.5 Å². The molecule has 2 aromatic carbocycles. The van der Waals surface area contributed by atoms with Crippen LogP contribution in [0.3, 0.4) is 0 Å². The van der Waals surface area contributed by atoms with Crippen molar-refractivity contribution in [3.63, 3.8) is 0 Å². The Kier molecular flexibility index (Phi) is 5.78. The molecule has 1 aromatic heterocycles. The van der Waals surface area contributed by atoms with E-state index in [1.807, 2.05) is 37.3 Å². The zero-order chi connectivity index (χ0) is 17.6. The maximum atomic E-state index is 13.0. The Morgan fingerprint density at radius 2 is 1.88 bits per heavy atom. The van der Waals surface area contributed by atoms with Crippen LogP contribution in [0.25, 0.3) is 0 Å². The summed E-state index contributed by atoms with van der Waals surface area (Å²) in [7, 11) is 0. The molecule has 0 bridgehead atoms.